The van der Waals surface area contributed by atoms with Crippen LogP contribution in [0.4, 0.5) is 0 Å². The molecule has 0 aliphatic heterocycles. The Hall–Kier alpha value is -2.34. The van der Waals surface area contributed by atoms with E-state index >= 15 is 0 Å². The number of hydrogen-bond donors (Lipinski definition) is 2. The second-order valence-corrected chi connectivity index (χ2v) is 4.38. The molecule has 1 aromatic heterocycles. The number of hydrogen-bond acceptors (Lipinski definition) is 5. The van der Waals surface area contributed by atoms with Crippen LogP contribution in [0.2, 0.25) is 0 Å². The van der Waals surface area contributed by atoms with Crippen LogP contribution in [0.5, 0.6) is 11.5 Å². The highest BCUT2D eigenvalue weighted by atomic mass is 16.5. The fourth-order valence-electron chi connectivity index (χ4n) is 2.01. The van der Waals surface area contributed by atoms with Crippen molar-refractivity contribution in [3.63, 3.8) is 0 Å². The topological polar surface area (TPSA) is 90.2 Å². The number of rotatable bonds is 4. The van der Waals surface area contributed by atoms with Gasteiger partial charge in [0.25, 0.3) is 5.56 Å². The van der Waals surface area contributed by atoms with Crippen LogP contribution >= 0.6 is 0 Å². The van der Waals surface area contributed by atoms with Crippen molar-refractivity contribution in [1.29, 1.82) is 0 Å². The molecule has 2 rings (SSSR count). The summed E-state index contributed by atoms with van der Waals surface area (Å²) in [4.78, 5) is 11.9. The third-order valence-electron chi connectivity index (χ3n) is 3.07. The Morgan fingerprint density at radius 3 is 2.60 bits per heavy atom. The molecular weight excluding hydrogens is 258 g/mol. The zero-order chi connectivity index (χ0) is 14.7. The number of nitrogens with one attached hydrogen (secondary N) is 1. The average Bonchev–Trinajstić information content (AvgIpc) is 2.48. The first-order valence-electron chi connectivity index (χ1n) is 6.10. The summed E-state index contributed by atoms with van der Waals surface area (Å²) in [6, 6.07) is 6.35. The minimum Gasteiger partial charge on any atom is -0.497 e. The highest BCUT2D eigenvalue weighted by molar-refractivity contribution is 5.45. The van der Waals surface area contributed by atoms with Crippen LogP contribution in [0.15, 0.2) is 29.1 Å². The van der Waals surface area contributed by atoms with Crippen molar-refractivity contribution < 1.29 is 9.47 Å². The molecule has 6 nitrogen and oxygen atoms in total. The van der Waals surface area contributed by atoms with Gasteiger partial charge in [0.1, 0.15) is 11.5 Å². The molecule has 0 amide bonds. The maximum atomic E-state index is 11.9. The Labute approximate surface area is 116 Å². The highest BCUT2D eigenvalue weighted by Gasteiger charge is 2.18. The maximum absolute atomic E-state index is 11.9. The van der Waals surface area contributed by atoms with Crippen molar-refractivity contribution in [3.05, 3.63) is 51.4 Å². The molecule has 2 aromatic rings. The van der Waals surface area contributed by atoms with Gasteiger partial charge in [-0.05, 0) is 31.2 Å². The predicted octanol–water partition coefficient (Wildman–Crippen LogP) is 1.14. The van der Waals surface area contributed by atoms with Crippen molar-refractivity contribution in [2.45, 2.75) is 13.0 Å². The standard InChI is InChI=1S/C14H17N3O3/c1-8-6-11(14(18)17-16-8)13(15)10-7-9(19-2)4-5-12(10)20-3/h4-7,13H,15H2,1-3H3,(H,17,18). The molecule has 1 heterocycles. The Morgan fingerprint density at radius 2 is 1.95 bits per heavy atom. The SMILES string of the molecule is COc1ccc(OC)c(C(N)c2cc(C)n[nH]c2=O)c1. The van der Waals surface area contributed by atoms with Gasteiger partial charge in [0, 0.05) is 11.1 Å². The van der Waals surface area contributed by atoms with E-state index in [9.17, 15) is 4.79 Å². The number of aryl methyl sites for hydroxylation is 1. The fourth-order valence-corrected chi connectivity index (χ4v) is 2.01. The number of nitrogens with two attached hydrogens (primary N) is 1. The second kappa shape index (κ2) is 5.75. The van der Waals surface area contributed by atoms with E-state index in [0.717, 1.165) is 0 Å². The molecular formula is C14H17N3O3. The Morgan fingerprint density at radius 1 is 1.20 bits per heavy atom. The Kier molecular flexibility index (Phi) is 4.05. The van der Waals surface area contributed by atoms with Crippen LogP contribution in [0.25, 0.3) is 0 Å². The lowest BCUT2D eigenvalue weighted by Gasteiger charge is -2.16. The van der Waals surface area contributed by atoms with Crippen LogP contribution in [0.3, 0.4) is 0 Å². The van der Waals surface area contributed by atoms with Crippen molar-refractivity contribution in [2.75, 3.05) is 14.2 Å². The number of methoxy groups -OCH3 is 2. The van der Waals surface area contributed by atoms with E-state index < -0.39 is 6.04 Å². The van der Waals surface area contributed by atoms with Crippen molar-refractivity contribution in [2.24, 2.45) is 5.73 Å². The van der Waals surface area contributed by atoms with Gasteiger partial charge in [0.2, 0.25) is 0 Å². The Bertz CT molecular complexity index is 667. The summed E-state index contributed by atoms with van der Waals surface area (Å²) in [5.74, 6) is 1.26. The minimum atomic E-state index is -0.620. The third kappa shape index (κ3) is 2.65. The molecule has 106 valence electrons. The van der Waals surface area contributed by atoms with Gasteiger partial charge >= 0.3 is 0 Å². The summed E-state index contributed by atoms with van der Waals surface area (Å²) in [6.07, 6.45) is 0. The average molecular weight is 275 g/mol. The van der Waals surface area contributed by atoms with E-state index in [4.69, 9.17) is 15.2 Å². The molecule has 0 aliphatic rings. The van der Waals surface area contributed by atoms with Gasteiger partial charge in [-0.2, -0.15) is 5.10 Å². The highest BCUT2D eigenvalue weighted by Crippen LogP contribution is 2.30. The number of nitrogens with zero attached hydrogens (tertiary/aromatic N) is 1. The molecule has 0 bridgehead atoms. The lowest BCUT2D eigenvalue weighted by atomic mass is 9.99. The quantitative estimate of drug-likeness (QED) is 0.873. The van der Waals surface area contributed by atoms with Crippen molar-refractivity contribution in [1.82, 2.24) is 10.2 Å². The molecule has 1 aromatic carbocycles. The van der Waals surface area contributed by atoms with Gasteiger partial charge in [-0.15, -0.1) is 0 Å². The summed E-state index contributed by atoms with van der Waals surface area (Å²) in [5, 5.41) is 6.27. The van der Waals surface area contributed by atoms with Gasteiger partial charge in [-0.1, -0.05) is 0 Å². The molecule has 0 aliphatic carbocycles. The van der Waals surface area contributed by atoms with E-state index in [1.165, 1.54) is 0 Å². The number of H-pyrrole nitrogens is 1. The van der Waals surface area contributed by atoms with Gasteiger partial charge < -0.3 is 15.2 Å². The summed E-state index contributed by atoms with van der Waals surface area (Å²) in [7, 11) is 3.13. The number of aromatic amines is 1. The largest absolute Gasteiger partial charge is 0.497 e. The molecule has 0 saturated carbocycles. The number of aromatic nitrogens is 2. The summed E-state index contributed by atoms with van der Waals surface area (Å²) in [6.45, 7) is 1.79. The van der Waals surface area contributed by atoms with E-state index in [2.05, 4.69) is 10.2 Å². The maximum Gasteiger partial charge on any atom is 0.269 e. The van der Waals surface area contributed by atoms with E-state index in [0.29, 0.717) is 28.3 Å². The molecule has 20 heavy (non-hydrogen) atoms. The normalized spacial score (nSPS) is 12.0. The van der Waals surface area contributed by atoms with Crippen LogP contribution in [-0.4, -0.2) is 24.4 Å². The molecule has 3 N–H and O–H groups in total. The van der Waals surface area contributed by atoms with Gasteiger partial charge in [0.15, 0.2) is 0 Å². The van der Waals surface area contributed by atoms with Gasteiger partial charge in [0.05, 0.1) is 26.0 Å². The smallest absolute Gasteiger partial charge is 0.269 e. The zero-order valence-electron chi connectivity index (χ0n) is 11.6. The van der Waals surface area contributed by atoms with Gasteiger partial charge in [-0.25, -0.2) is 5.10 Å². The second-order valence-electron chi connectivity index (χ2n) is 4.38. The van der Waals surface area contributed by atoms with Crippen LogP contribution < -0.4 is 20.8 Å². The summed E-state index contributed by atoms with van der Waals surface area (Å²) < 4.78 is 10.5. The molecule has 1 unspecified atom stereocenters. The van der Waals surface area contributed by atoms with Crippen LogP contribution in [0.1, 0.15) is 22.9 Å². The lowest BCUT2D eigenvalue weighted by molar-refractivity contribution is 0.397. The molecule has 0 radical (unpaired) electrons. The first-order valence-corrected chi connectivity index (χ1v) is 6.10. The minimum absolute atomic E-state index is 0.312. The molecule has 0 saturated heterocycles. The lowest BCUT2D eigenvalue weighted by Crippen LogP contribution is -2.24. The summed E-state index contributed by atoms with van der Waals surface area (Å²) >= 11 is 0. The van der Waals surface area contributed by atoms with E-state index in [-0.39, 0.29) is 5.56 Å². The first kappa shape index (κ1) is 14.1. The molecule has 0 spiro atoms. The van der Waals surface area contributed by atoms with Crippen LogP contribution in [0, 0.1) is 6.92 Å². The van der Waals surface area contributed by atoms with E-state index in [1.54, 1.807) is 45.4 Å². The predicted molar refractivity (Wildman–Crippen MR) is 75.2 cm³/mol. The Balaban J connectivity index is 2.54. The molecule has 1 atom stereocenters. The van der Waals surface area contributed by atoms with Crippen LogP contribution in [-0.2, 0) is 0 Å². The molecule has 6 heteroatoms. The van der Waals surface area contributed by atoms with Crippen molar-refractivity contribution >= 4 is 0 Å². The molecule has 0 fully saturated rings. The fraction of sp³-hybridized carbons (Fsp3) is 0.286. The first-order chi connectivity index (χ1) is 9.56. The monoisotopic (exact) mass is 275 g/mol. The number of ether oxygens (including phenoxy) is 2. The summed E-state index contributed by atoms with van der Waals surface area (Å²) in [5.41, 5.74) is 7.70. The van der Waals surface area contributed by atoms with Gasteiger partial charge in [-0.3, -0.25) is 4.79 Å². The van der Waals surface area contributed by atoms with E-state index in [1.807, 2.05) is 0 Å². The third-order valence-corrected chi connectivity index (χ3v) is 3.07. The zero-order valence-corrected chi connectivity index (χ0v) is 11.6. The number of benzene rings is 1. The van der Waals surface area contributed by atoms with Crippen molar-refractivity contribution in [3.8, 4) is 11.5 Å².